The number of amides is 2. The van der Waals surface area contributed by atoms with Gasteiger partial charge in [-0.1, -0.05) is 59.6 Å². The molecule has 0 saturated carbocycles. The molecular formula is C16H14Cl2N2O2. The fourth-order valence-electron chi connectivity index (χ4n) is 1.87. The minimum absolute atomic E-state index is 0.196. The third kappa shape index (κ3) is 4.00. The van der Waals surface area contributed by atoms with Crippen LogP contribution < -0.4 is 10.6 Å². The van der Waals surface area contributed by atoms with Gasteiger partial charge in [0.1, 0.15) is 0 Å². The monoisotopic (exact) mass is 336 g/mol. The van der Waals surface area contributed by atoms with Gasteiger partial charge in [0.2, 0.25) is 0 Å². The van der Waals surface area contributed by atoms with E-state index in [0.717, 1.165) is 5.56 Å². The van der Waals surface area contributed by atoms with Gasteiger partial charge in [-0.3, -0.25) is 9.59 Å². The van der Waals surface area contributed by atoms with Crippen LogP contribution in [0.3, 0.4) is 0 Å². The molecule has 1 unspecified atom stereocenters. The zero-order valence-corrected chi connectivity index (χ0v) is 13.3. The summed E-state index contributed by atoms with van der Waals surface area (Å²) in [5.41, 5.74) is 1.20. The van der Waals surface area contributed by atoms with Crippen LogP contribution >= 0.6 is 23.2 Å². The first-order chi connectivity index (χ1) is 10.5. The fourth-order valence-corrected chi connectivity index (χ4v) is 2.21. The predicted molar refractivity (Wildman–Crippen MR) is 88.1 cm³/mol. The Bertz CT molecular complexity index is 690. The molecular weight excluding hydrogens is 323 g/mol. The van der Waals surface area contributed by atoms with E-state index in [1.807, 2.05) is 30.3 Å². The molecule has 2 aromatic carbocycles. The van der Waals surface area contributed by atoms with Gasteiger partial charge in [0.15, 0.2) is 0 Å². The van der Waals surface area contributed by atoms with Crippen LogP contribution in [0.4, 0.5) is 5.69 Å². The Hall–Kier alpha value is -2.04. The van der Waals surface area contributed by atoms with Crippen LogP contribution in [0.15, 0.2) is 48.5 Å². The van der Waals surface area contributed by atoms with Crippen LogP contribution in [0.2, 0.25) is 10.0 Å². The molecule has 2 rings (SSSR count). The second-order valence-electron chi connectivity index (χ2n) is 4.66. The maximum absolute atomic E-state index is 11.9. The first-order valence-corrected chi connectivity index (χ1v) is 7.35. The molecule has 0 heterocycles. The van der Waals surface area contributed by atoms with Gasteiger partial charge in [-0.15, -0.1) is 0 Å². The maximum Gasteiger partial charge on any atom is 0.313 e. The summed E-state index contributed by atoms with van der Waals surface area (Å²) >= 11 is 11.8. The highest BCUT2D eigenvalue weighted by Gasteiger charge is 2.18. The first-order valence-electron chi connectivity index (χ1n) is 6.60. The molecule has 0 aliphatic heterocycles. The molecule has 0 spiro atoms. The van der Waals surface area contributed by atoms with Crippen LogP contribution in [-0.4, -0.2) is 11.8 Å². The summed E-state index contributed by atoms with van der Waals surface area (Å²) in [6.45, 7) is 1.80. The minimum Gasteiger partial charge on any atom is -0.341 e. The summed E-state index contributed by atoms with van der Waals surface area (Å²) in [6, 6.07) is 13.9. The van der Waals surface area contributed by atoms with Crippen molar-refractivity contribution < 1.29 is 9.59 Å². The average Bonchev–Trinajstić information content (AvgIpc) is 2.52. The molecule has 0 bridgehead atoms. The molecule has 0 aliphatic rings. The quantitative estimate of drug-likeness (QED) is 0.837. The Morgan fingerprint density at radius 2 is 1.64 bits per heavy atom. The van der Waals surface area contributed by atoms with Gasteiger partial charge in [0.05, 0.1) is 21.8 Å². The summed E-state index contributed by atoms with van der Waals surface area (Å²) in [5, 5.41) is 5.56. The smallest absolute Gasteiger partial charge is 0.313 e. The summed E-state index contributed by atoms with van der Waals surface area (Å²) in [7, 11) is 0. The van der Waals surface area contributed by atoms with Gasteiger partial charge in [-0.2, -0.15) is 0 Å². The Kier molecular flexibility index (Phi) is 5.41. The number of carbonyl (C=O) groups excluding carboxylic acids is 2. The van der Waals surface area contributed by atoms with E-state index in [0.29, 0.717) is 10.7 Å². The number of hydrogen-bond donors (Lipinski definition) is 2. The lowest BCUT2D eigenvalue weighted by Crippen LogP contribution is -2.36. The van der Waals surface area contributed by atoms with Crippen molar-refractivity contribution in [1.82, 2.24) is 5.32 Å². The van der Waals surface area contributed by atoms with Crippen molar-refractivity contribution in [2.45, 2.75) is 13.0 Å². The maximum atomic E-state index is 11.9. The molecule has 4 nitrogen and oxygen atoms in total. The summed E-state index contributed by atoms with van der Waals surface area (Å²) in [5.74, 6) is -1.54. The first kappa shape index (κ1) is 16.3. The molecule has 2 N–H and O–H groups in total. The second kappa shape index (κ2) is 7.29. The van der Waals surface area contributed by atoms with E-state index < -0.39 is 11.8 Å². The lowest BCUT2D eigenvalue weighted by Gasteiger charge is -2.14. The Morgan fingerprint density at radius 3 is 2.32 bits per heavy atom. The number of hydrogen-bond acceptors (Lipinski definition) is 2. The van der Waals surface area contributed by atoms with E-state index in [-0.39, 0.29) is 11.1 Å². The molecule has 22 heavy (non-hydrogen) atoms. The fraction of sp³-hybridized carbons (Fsp3) is 0.125. The molecule has 6 heteroatoms. The number of nitrogens with one attached hydrogen (secondary N) is 2. The van der Waals surface area contributed by atoms with Crippen molar-refractivity contribution in [3.05, 3.63) is 64.1 Å². The zero-order valence-electron chi connectivity index (χ0n) is 11.8. The van der Waals surface area contributed by atoms with Crippen molar-refractivity contribution in [3.63, 3.8) is 0 Å². The Morgan fingerprint density at radius 1 is 0.955 bits per heavy atom. The third-order valence-electron chi connectivity index (χ3n) is 3.05. The third-order valence-corrected chi connectivity index (χ3v) is 3.87. The van der Waals surface area contributed by atoms with E-state index in [1.165, 1.54) is 0 Å². The highest BCUT2D eigenvalue weighted by Crippen LogP contribution is 2.29. The molecule has 0 radical (unpaired) electrons. The Balaban J connectivity index is 2.01. The minimum atomic E-state index is -0.799. The lowest BCUT2D eigenvalue weighted by molar-refractivity contribution is -0.136. The second-order valence-corrected chi connectivity index (χ2v) is 5.45. The van der Waals surface area contributed by atoms with Gasteiger partial charge in [0, 0.05) is 0 Å². The number of halogens is 2. The van der Waals surface area contributed by atoms with Crippen LogP contribution in [0, 0.1) is 0 Å². The van der Waals surface area contributed by atoms with Crippen molar-refractivity contribution in [2.75, 3.05) is 5.32 Å². The van der Waals surface area contributed by atoms with Crippen molar-refractivity contribution in [2.24, 2.45) is 0 Å². The van der Waals surface area contributed by atoms with E-state index in [9.17, 15) is 9.59 Å². The van der Waals surface area contributed by atoms with Gasteiger partial charge < -0.3 is 10.6 Å². The number of carbonyl (C=O) groups is 2. The largest absolute Gasteiger partial charge is 0.341 e. The molecule has 0 saturated heterocycles. The number of rotatable bonds is 3. The van der Waals surface area contributed by atoms with E-state index >= 15 is 0 Å². The van der Waals surface area contributed by atoms with Crippen LogP contribution in [0.5, 0.6) is 0 Å². The summed E-state index contributed by atoms with van der Waals surface area (Å²) < 4.78 is 0. The summed E-state index contributed by atoms with van der Waals surface area (Å²) in [6.07, 6.45) is 0. The van der Waals surface area contributed by atoms with Crippen molar-refractivity contribution >= 4 is 40.7 Å². The molecule has 0 fully saturated rings. The molecule has 114 valence electrons. The van der Waals surface area contributed by atoms with Crippen molar-refractivity contribution in [3.8, 4) is 0 Å². The molecule has 0 aliphatic carbocycles. The SMILES string of the molecule is CC(NC(=O)C(=O)Nc1cccc(Cl)c1Cl)c1ccccc1. The van der Waals surface area contributed by atoms with Gasteiger partial charge in [-0.05, 0) is 24.6 Å². The van der Waals surface area contributed by atoms with E-state index in [4.69, 9.17) is 23.2 Å². The van der Waals surface area contributed by atoms with Crippen LogP contribution in [-0.2, 0) is 9.59 Å². The van der Waals surface area contributed by atoms with Gasteiger partial charge in [-0.25, -0.2) is 0 Å². The number of benzene rings is 2. The standard InChI is InChI=1S/C16H14Cl2N2O2/c1-10(11-6-3-2-4-7-11)19-15(21)16(22)20-13-9-5-8-12(17)14(13)18/h2-10H,1H3,(H,19,21)(H,20,22). The topological polar surface area (TPSA) is 58.2 Å². The van der Waals surface area contributed by atoms with Crippen molar-refractivity contribution in [1.29, 1.82) is 0 Å². The normalized spacial score (nSPS) is 11.6. The predicted octanol–water partition coefficient (Wildman–Crippen LogP) is 3.81. The molecule has 1 atom stereocenters. The Labute approximate surface area is 138 Å². The van der Waals surface area contributed by atoms with Gasteiger partial charge in [0.25, 0.3) is 0 Å². The highest BCUT2D eigenvalue weighted by atomic mass is 35.5. The molecule has 0 aromatic heterocycles. The van der Waals surface area contributed by atoms with E-state index in [2.05, 4.69) is 10.6 Å². The molecule has 2 amide bonds. The van der Waals surface area contributed by atoms with E-state index in [1.54, 1.807) is 25.1 Å². The lowest BCUT2D eigenvalue weighted by atomic mass is 10.1. The summed E-state index contributed by atoms with van der Waals surface area (Å²) in [4.78, 5) is 23.8. The average molecular weight is 337 g/mol. The van der Waals surface area contributed by atoms with Crippen LogP contribution in [0.25, 0.3) is 0 Å². The highest BCUT2D eigenvalue weighted by molar-refractivity contribution is 6.45. The zero-order chi connectivity index (χ0) is 16.1. The number of anilines is 1. The van der Waals surface area contributed by atoms with Crippen LogP contribution in [0.1, 0.15) is 18.5 Å². The van der Waals surface area contributed by atoms with Gasteiger partial charge >= 0.3 is 11.8 Å². The molecule has 2 aromatic rings.